The van der Waals surface area contributed by atoms with Crippen LogP contribution in [0.4, 0.5) is 0 Å². The Hall–Kier alpha value is -1.51. The van der Waals surface area contributed by atoms with Crippen molar-refractivity contribution in [1.82, 2.24) is 9.36 Å². The second kappa shape index (κ2) is 2.99. The number of fused-ring (bicyclic) bond motifs is 1. The van der Waals surface area contributed by atoms with Gasteiger partial charge in [0.25, 0.3) is 5.56 Å². The Labute approximate surface area is 89.3 Å². The Kier molecular flexibility index (Phi) is 2.00. The summed E-state index contributed by atoms with van der Waals surface area (Å²) in [7, 11) is 0. The average molecular weight is 204 g/mol. The molecule has 1 aliphatic heterocycles. The van der Waals surface area contributed by atoms with Crippen molar-refractivity contribution < 1.29 is 0 Å². The fourth-order valence-corrected chi connectivity index (χ4v) is 2.18. The van der Waals surface area contributed by atoms with Gasteiger partial charge in [-0.15, -0.1) is 0 Å². The van der Waals surface area contributed by atoms with E-state index in [0.717, 1.165) is 28.9 Å². The first-order valence-corrected chi connectivity index (χ1v) is 5.21. The first-order chi connectivity index (χ1) is 7.00. The third-order valence-electron chi connectivity index (χ3n) is 3.29. The Morgan fingerprint density at radius 2 is 1.80 bits per heavy atom. The van der Waals surface area contributed by atoms with Crippen LogP contribution in [0.15, 0.2) is 16.9 Å². The number of rotatable bonds is 1. The van der Waals surface area contributed by atoms with Crippen molar-refractivity contribution in [1.29, 1.82) is 0 Å². The summed E-state index contributed by atoms with van der Waals surface area (Å²) >= 11 is 0. The van der Waals surface area contributed by atoms with Crippen molar-refractivity contribution in [3.05, 3.63) is 33.8 Å². The van der Waals surface area contributed by atoms with Gasteiger partial charge in [-0.1, -0.05) is 13.5 Å². The molecule has 2 rings (SSSR count). The summed E-state index contributed by atoms with van der Waals surface area (Å²) < 4.78 is 3.67. The Morgan fingerprint density at radius 1 is 1.20 bits per heavy atom. The lowest BCUT2D eigenvalue weighted by Gasteiger charge is -2.06. The predicted molar refractivity (Wildman–Crippen MR) is 62.7 cm³/mol. The zero-order valence-corrected chi connectivity index (χ0v) is 9.72. The molecule has 0 unspecified atom stereocenters. The van der Waals surface area contributed by atoms with E-state index in [1.165, 1.54) is 5.70 Å². The molecule has 0 atom stereocenters. The molecule has 0 spiro atoms. The van der Waals surface area contributed by atoms with E-state index in [2.05, 4.69) is 13.5 Å². The van der Waals surface area contributed by atoms with Gasteiger partial charge in [0.1, 0.15) is 0 Å². The minimum absolute atomic E-state index is 0.0558. The van der Waals surface area contributed by atoms with Crippen molar-refractivity contribution in [3.8, 4) is 0 Å². The van der Waals surface area contributed by atoms with Crippen molar-refractivity contribution in [2.45, 2.75) is 34.1 Å². The highest BCUT2D eigenvalue weighted by Crippen LogP contribution is 2.31. The van der Waals surface area contributed by atoms with Gasteiger partial charge in [-0.3, -0.25) is 9.48 Å². The number of nitrogens with zero attached hydrogens (tertiary/aromatic N) is 2. The SMILES string of the molecule is C=C1C(C)=C(CC)n2c(C)c(C)c(=O)n21. The lowest BCUT2D eigenvalue weighted by molar-refractivity contribution is 0.748. The molecule has 15 heavy (non-hydrogen) atoms. The molecule has 0 aromatic carbocycles. The summed E-state index contributed by atoms with van der Waals surface area (Å²) in [4.78, 5) is 12.0. The fraction of sp³-hybridized carbons (Fsp3) is 0.417. The molecule has 0 saturated heterocycles. The minimum atomic E-state index is 0.0558. The van der Waals surface area contributed by atoms with Crippen LogP contribution in [-0.2, 0) is 0 Å². The van der Waals surface area contributed by atoms with Crippen LogP contribution in [0.2, 0.25) is 0 Å². The number of hydrogen-bond donors (Lipinski definition) is 0. The Morgan fingerprint density at radius 3 is 2.33 bits per heavy atom. The number of allylic oxidation sites excluding steroid dienone is 3. The number of aromatic nitrogens is 2. The van der Waals surface area contributed by atoms with Crippen LogP contribution in [0, 0.1) is 13.8 Å². The lowest BCUT2D eigenvalue weighted by Crippen LogP contribution is -2.17. The van der Waals surface area contributed by atoms with E-state index in [1.54, 1.807) is 4.68 Å². The van der Waals surface area contributed by atoms with Gasteiger partial charge in [0.05, 0.1) is 5.70 Å². The molecular weight excluding hydrogens is 188 g/mol. The molecule has 0 amide bonds. The molecule has 2 heterocycles. The van der Waals surface area contributed by atoms with Crippen molar-refractivity contribution in [3.63, 3.8) is 0 Å². The van der Waals surface area contributed by atoms with Crippen molar-refractivity contribution >= 4 is 11.4 Å². The number of hydrogen-bond acceptors (Lipinski definition) is 1. The van der Waals surface area contributed by atoms with Crippen LogP contribution in [0.1, 0.15) is 31.5 Å². The summed E-state index contributed by atoms with van der Waals surface area (Å²) in [5.74, 6) is 0. The van der Waals surface area contributed by atoms with Crippen LogP contribution in [0.3, 0.4) is 0 Å². The highest BCUT2D eigenvalue weighted by Gasteiger charge is 2.25. The van der Waals surface area contributed by atoms with E-state index in [-0.39, 0.29) is 5.56 Å². The second-order valence-electron chi connectivity index (χ2n) is 4.01. The fourth-order valence-electron chi connectivity index (χ4n) is 2.18. The molecule has 1 aliphatic rings. The molecule has 1 aromatic rings. The molecule has 0 radical (unpaired) electrons. The highest BCUT2D eigenvalue weighted by atomic mass is 16.1. The third kappa shape index (κ3) is 1.03. The Balaban J connectivity index is 2.88. The monoisotopic (exact) mass is 204 g/mol. The van der Waals surface area contributed by atoms with Gasteiger partial charge in [0.2, 0.25) is 0 Å². The molecule has 0 bridgehead atoms. The standard InChI is InChI=1S/C12H16N2O/c1-6-11-7(2)9(4)14-12(15)8(3)10(5)13(11)14/h4,6H2,1-3,5H3. The molecule has 0 saturated carbocycles. The second-order valence-corrected chi connectivity index (χ2v) is 4.01. The summed E-state index contributed by atoms with van der Waals surface area (Å²) in [5.41, 5.74) is 5.01. The topological polar surface area (TPSA) is 26.9 Å². The Bertz CT molecular complexity index is 541. The molecule has 3 nitrogen and oxygen atoms in total. The van der Waals surface area contributed by atoms with Crippen LogP contribution in [0.25, 0.3) is 11.4 Å². The molecule has 0 N–H and O–H groups in total. The molecule has 80 valence electrons. The van der Waals surface area contributed by atoms with Gasteiger partial charge in [0, 0.05) is 17.0 Å². The maximum atomic E-state index is 12.0. The van der Waals surface area contributed by atoms with Gasteiger partial charge in [0.15, 0.2) is 0 Å². The largest absolute Gasteiger partial charge is 0.274 e. The molecule has 0 aliphatic carbocycles. The van der Waals surface area contributed by atoms with Gasteiger partial charge < -0.3 is 0 Å². The summed E-state index contributed by atoms with van der Waals surface area (Å²) in [6, 6.07) is 0. The van der Waals surface area contributed by atoms with E-state index in [0.29, 0.717) is 0 Å². The average Bonchev–Trinajstić information content (AvgIpc) is 2.59. The highest BCUT2D eigenvalue weighted by molar-refractivity contribution is 5.78. The van der Waals surface area contributed by atoms with Crippen LogP contribution >= 0.6 is 0 Å². The summed E-state index contributed by atoms with van der Waals surface area (Å²) in [6.45, 7) is 11.9. The maximum Gasteiger partial charge on any atom is 0.274 e. The molecule has 1 aromatic heterocycles. The maximum absolute atomic E-state index is 12.0. The van der Waals surface area contributed by atoms with Crippen LogP contribution < -0.4 is 5.56 Å². The smallest absolute Gasteiger partial charge is 0.267 e. The first kappa shape index (κ1) is 10.0. The van der Waals surface area contributed by atoms with Crippen molar-refractivity contribution in [2.24, 2.45) is 0 Å². The minimum Gasteiger partial charge on any atom is -0.267 e. The predicted octanol–water partition coefficient (Wildman–Crippen LogP) is 2.39. The normalized spacial score (nSPS) is 15.1. The zero-order valence-electron chi connectivity index (χ0n) is 9.72. The van der Waals surface area contributed by atoms with Crippen molar-refractivity contribution in [2.75, 3.05) is 0 Å². The lowest BCUT2D eigenvalue weighted by atomic mass is 10.1. The van der Waals surface area contributed by atoms with E-state index in [4.69, 9.17) is 0 Å². The molecule has 0 fully saturated rings. The summed E-state index contributed by atoms with van der Waals surface area (Å²) in [5, 5.41) is 0. The summed E-state index contributed by atoms with van der Waals surface area (Å²) in [6.07, 6.45) is 0.916. The van der Waals surface area contributed by atoms with Crippen LogP contribution in [-0.4, -0.2) is 9.36 Å². The molecule has 3 heteroatoms. The van der Waals surface area contributed by atoms with Gasteiger partial charge >= 0.3 is 0 Å². The van der Waals surface area contributed by atoms with Crippen LogP contribution in [0.5, 0.6) is 0 Å². The third-order valence-corrected chi connectivity index (χ3v) is 3.29. The van der Waals surface area contributed by atoms with Gasteiger partial charge in [-0.2, -0.15) is 0 Å². The van der Waals surface area contributed by atoms with Gasteiger partial charge in [-0.25, -0.2) is 4.68 Å². The van der Waals surface area contributed by atoms with Gasteiger partial charge in [-0.05, 0) is 32.8 Å². The van der Waals surface area contributed by atoms with E-state index in [1.807, 2.05) is 25.5 Å². The zero-order chi connectivity index (χ0) is 11.3. The van der Waals surface area contributed by atoms with E-state index < -0.39 is 0 Å². The quantitative estimate of drug-likeness (QED) is 0.690. The van der Waals surface area contributed by atoms with E-state index in [9.17, 15) is 4.79 Å². The first-order valence-electron chi connectivity index (χ1n) is 5.21. The molecular formula is C12H16N2O. The van der Waals surface area contributed by atoms with E-state index >= 15 is 0 Å².